The maximum Gasteiger partial charge on any atom is 0.242 e. The van der Waals surface area contributed by atoms with Crippen LogP contribution in [0, 0.1) is 0 Å². The average molecular weight is 373 g/mol. The number of rotatable bonds is 8. The minimum Gasteiger partial charge on any atom is -0.315 e. The molecule has 0 fully saturated rings. The number of thiophene rings is 1. The van der Waals surface area contributed by atoms with E-state index in [1.165, 1.54) is 11.3 Å². The monoisotopic (exact) mass is 372 g/mol. The highest BCUT2D eigenvalue weighted by Gasteiger charge is 2.20. The molecule has 0 unspecified atom stereocenters. The third-order valence-corrected chi connectivity index (χ3v) is 6.57. The maximum atomic E-state index is 12.1. The zero-order valence-corrected chi connectivity index (χ0v) is 14.4. The fourth-order valence-corrected chi connectivity index (χ4v) is 5.54. The minimum absolute atomic E-state index is 0.335. The van der Waals surface area contributed by atoms with Crippen molar-refractivity contribution in [2.75, 3.05) is 25.6 Å². The molecule has 0 amide bonds. The molecule has 0 radical (unpaired) electrons. The normalized spacial score (nSPS) is 11.9. The molecule has 0 aliphatic carbocycles. The van der Waals surface area contributed by atoms with Crippen molar-refractivity contribution in [2.45, 2.75) is 17.9 Å². The van der Waals surface area contributed by atoms with Gasteiger partial charge in [-0.3, -0.25) is 0 Å². The molecule has 8 heteroatoms. The summed E-state index contributed by atoms with van der Waals surface area (Å²) in [6, 6.07) is 1.71. The molecule has 0 aliphatic rings. The number of thioether (sulfide) groups is 1. The van der Waals surface area contributed by atoms with Crippen LogP contribution in [0.3, 0.4) is 0 Å². The molecule has 1 aromatic heterocycles. The summed E-state index contributed by atoms with van der Waals surface area (Å²) >= 11 is 6.47. The van der Waals surface area contributed by atoms with Crippen LogP contribution in [0.1, 0.15) is 11.3 Å². The average Bonchev–Trinajstić information content (AvgIpc) is 2.67. The van der Waals surface area contributed by atoms with E-state index in [9.17, 15) is 8.42 Å². The molecular weight excluding hydrogens is 356 g/mol. The molecule has 0 saturated carbocycles. The molecule has 0 aliphatic heterocycles. The Kier molecular flexibility index (Phi) is 7.19. The van der Waals surface area contributed by atoms with Crippen molar-refractivity contribution in [3.63, 3.8) is 0 Å². The van der Waals surface area contributed by atoms with Gasteiger partial charge < -0.3 is 5.32 Å². The molecule has 2 N–H and O–H groups in total. The lowest BCUT2D eigenvalue weighted by Gasteiger charge is -2.04. The van der Waals surface area contributed by atoms with Gasteiger partial charge in [-0.2, -0.15) is 11.8 Å². The van der Waals surface area contributed by atoms with Gasteiger partial charge in [0.2, 0.25) is 10.0 Å². The maximum absolute atomic E-state index is 12.1. The van der Waals surface area contributed by atoms with Crippen LogP contribution in [0.5, 0.6) is 0 Å². The number of sulfonamides is 1. The lowest BCUT2D eigenvalue weighted by molar-refractivity contribution is 0.581. The van der Waals surface area contributed by atoms with Crippen molar-refractivity contribution in [1.82, 2.24) is 10.0 Å². The van der Waals surface area contributed by atoms with E-state index >= 15 is 0 Å². The molecule has 0 bridgehead atoms. The van der Waals surface area contributed by atoms with Gasteiger partial charge in [0, 0.05) is 18.0 Å². The summed E-state index contributed by atoms with van der Waals surface area (Å²) in [5.41, 5.74) is 0. The van der Waals surface area contributed by atoms with Crippen molar-refractivity contribution in [3.05, 3.63) is 14.7 Å². The summed E-state index contributed by atoms with van der Waals surface area (Å²) in [6.45, 7) is 1.15. The Morgan fingerprint density at radius 1 is 1.50 bits per heavy atom. The van der Waals surface area contributed by atoms with E-state index in [0.29, 0.717) is 21.8 Å². The first-order valence-electron chi connectivity index (χ1n) is 5.42. The SMILES string of the molecule is CNCc1cc(S(=O)(=O)NCCCSC)c(Br)s1. The molecule has 4 nitrogen and oxygen atoms in total. The molecule has 18 heavy (non-hydrogen) atoms. The Hall–Kier alpha value is 0.400. The van der Waals surface area contributed by atoms with Crippen LogP contribution in [-0.2, 0) is 16.6 Å². The molecule has 0 saturated heterocycles. The van der Waals surface area contributed by atoms with E-state index in [-0.39, 0.29) is 0 Å². The lowest BCUT2D eigenvalue weighted by atomic mass is 10.5. The highest BCUT2D eigenvalue weighted by atomic mass is 79.9. The molecule has 0 aromatic carbocycles. The number of hydrogen-bond donors (Lipinski definition) is 2. The van der Waals surface area contributed by atoms with Crippen molar-refractivity contribution < 1.29 is 8.42 Å². The summed E-state index contributed by atoms with van der Waals surface area (Å²) < 4.78 is 27.4. The Bertz CT molecular complexity index is 473. The molecule has 1 heterocycles. The Labute approximate surface area is 125 Å². The molecule has 1 rings (SSSR count). The Morgan fingerprint density at radius 2 is 2.22 bits per heavy atom. The van der Waals surface area contributed by atoms with Crippen LogP contribution in [-0.4, -0.2) is 34.0 Å². The smallest absolute Gasteiger partial charge is 0.242 e. The summed E-state index contributed by atoms with van der Waals surface area (Å²) in [6.07, 6.45) is 2.85. The van der Waals surface area contributed by atoms with Gasteiger partial charge in [-0.05, 0) is 47.5 Å². The first-order valence-corrected chi connectivity index (χ1v) is 9.91. The van der Waals surface area contributed by atoms with Crippen LogP contribution in [0.25, 0.3) is 0 Å². The van der Waals surface area contributed by atoms with Gasteiger partial charge in [0.15, 0.2) is 0 Å². The van der Waals surface area contributed by atoms with Crippen LogP contribution in [0.2, 0.25) is 0 Å². The van der Waals surface area contributed by atoms with E-state index in [1.54, 1.807) is 17.8 Å². The van der Waals surface area contributed by atoms with Gasteiger partial charge in [-0.1, -0.05) is 0 Å². The van der Waals surface area contributed by atoms with E-state index < -0.39 is 10.0 Å². The first kappa shape index (κ1) is 16.5. The van der Waals surface area contributed by atoms with Crippen molar-refractivity contribution in [3.8, 4) is 0 Å². The Balaban J connectivity index is 2.72. The molecule has 1 aromatic rings. The van der Waals surface area contributed by atoms with Crippen LogP contribution in [0.4, 0.5) is 0 Å². The predicted molar refractivity (Wildman–Crippen MR) is 83.0 cm³/mol. The van der Waals surface area contributed by atoms with Crippen molar-refractivity contribution in [2.24, 2.45) is 0 Å². The standard InChI is InChI=1S/C10H17BrN2O2S3/c1-12-7-8-6-9(10(11)17-8)18(14,15)13-4-3-5-16-2/h6,12-13H,3-5,7H2,1-2H3. The quantitative estimate of drug-likeness (QED) is 0.687. The third kappa shape index (κ3) is 4.82. The zero-order chi connectivity index (χ0) is 13.6. The van der Waals surface area contributed by atoms with Gasteiger partial charge in [0.1, 0.15) is 4.90 Å². The van der Waals surface area contributed by atoms with Crippen molar-refractivity contribution in [1.29, 1.82) is 0 Å². The molecular formula is C10H17BrN2O2S3. The molecule has 104 valence electrons. The lowest BCUT2D eigenvalue weighted by Crippen LogP contribution is -2.25. The first-order chi connectivity index (χ1) is 8.51. The number of hydrogen-bond acceptors (Lipinski definition) is 5. The summed E-state index contributed by atoms with van der Waals surface area (Å²) in [5, 5.41) is 3.01. The van der Waals surface area contributed by atoms with E-state index in [1.807, 2.05) is 13.3 Å². The fraction of sp³-hybridized carbons (Fsp3) is 0.600. The van der Waals surface area contributed by atoms with E-state index in [0.717, 1.165) is 17.1 Å². The van der Waals surface area contributed by atoms with Gasteiger partial charge in [0.25, 0.3) is 0 Å². The molecule has 0 atom stereocenters. The zero-order valence-electron chi connectivity index (χ0n) is 10.3. The van der Waals surface area contributed by atoms with Gasteiger partial charge in [-0.15, -0.1) is 11.3 Å². The van der Waals surface area contributed by atoms with Gasteiger partial charge >= 0.3 is 0 Å². The third-order valence-electron chi connectivity index (χ3n) is 2.16. The van der Waals surface area contributed by atoms with E-state index in [2.05, 4.69) is 26.0 Å². The largest absolute Gasteiger partial charge is 0.315 e. The topological polar surface area (TPSA) is 58.2 Å². The number of halogens is 1. The van der Waals surface area contributed by atoms with Crippen LogP contribution < -0.4 is 10.0 Å². The van der Waals surface area contributed by atoms with Crippen LogP contribution in [0.15, 0.2) is 14.7 Å². The molecule has 0 spiro atoms. The summed E-state index contributed by atoms with van der Waals surface area (Å²) in [4.78, 5) is 1.33. The van der Waals surface area contributed by atoms with Crippen molar-refractivity contribution >= 4 is 49.1 Å². The van der Waals surface area contributed by atoms with Crippen LogP contribution >= 0.6 is 39.0 Å². The summed E-state index contributed by atoms with van der Waals surface area (Å²) in [5.74, 6) is 0.957. The fourth-order valence-electron chi connectivity index (χ4n) is 1.34. The highest BCUT2D eigenvalue weighted by Crippen LogP contribution is 2.31. The summed E-state index contributed by atoms with van der Waals surface area (Å²) in [7, 11) is -1.56. The second-order valence-corrected chi connectivity index (χ2v) is 8.80. The minimum atomic E-state index is -3.39. The Morgan fingerprint density at radius 3 is 2.83 bits per heavy atom. The number of nitrogens with one attached hydrogen (secondary N) is 2. The second kappa shape index (κ2) is 7.86. The van der Waals surface area contributed by atoms with Gasteiger partial charge in [0.05, 0.1) is 3.79 Å². The highest BCUT2D eigenvalue weighted by molar-refractivity contribution is 9.11. The van der Waals surface area contributed by atoms with Gasteiger partial charge in [-0.25, -0.2) is 13.1 Å². The second-order valence-electron chi connectivity index (χ2n) is 3.63. The van der Waals surface area contributed by atoms with E-state index in [4.69, 9.17) is 0 Å². The predicted octanol–water partition coefficient (Wildman–Crippen LogP) is 2.26.